The molecule has 0 aliphatic heterocycles. The van der Waals surface area contributed by atoms with Crippen LogP contribution in [0.2, 0.25) is 0 Å². The van der Waals surface area contributed by atoms with Crippen LogP contribution in [-0.2, 0) is 4.79 Å². The lowest BCUT2D eigenvalue weighted by atomic mass is 9.96. The Morgan fingerprint density at radius 2 is 2.00 bits per heavy atom. The molecule has 0 aliphatic rings. The Labute approximate surface area is 68.1 Å². The minimum atomic E-state index is -2.68. The molecule has 0 aromatic carbocycles. The highest BCUT2D eigenvalue weighted by molar-refractivity contribution is 5.78. The summed E-state index contributed by atoms with van der Waals surface area (Å²) in [6.45, 7) is -0.163. The number of aliphatic hydroxyl groups is 4. The van der Waals surface area contributed by atoms with Gasteiger partial charge in [0.15, 0.2) is 5.60 Å². The van der Waals surface area contributed by atoms with Crippen LogP contribution in [0.5, 0.6) is 0 Å². The summed E-state index contributed by atoms with van der Waals surface area (Å²) >= 11 is 0. The van der Waals surface area contributed by atoms with Gasteiger partial charge in [0.2, 0.25) is 0 Å². The van der Waals surface area contributed by atoms with Gasteiger partial charge in [-0.25, -0.2) is 0 Å². The Kier molecular flexibility index (Phi) is 3.72. The SMILES string of the molecule is C[C@](O)(C(=O)F)[C@H](O)[C@H](O)CO. The second-order valence-corrected chi connectivity index (χ2v) is 2.62. The number of carbonyl (C=O) groups is 1. The second kappa shape index (κ2) is 3.90. The molecule has 0 heterocycles. The minimum absolute atomic E-state index is 0.707. The van der Waals surface area contributed by atoms with Crippen molar-refractivity contribution in [2.24, 2.45) is 0 Å². The van der Waals surface area contributed by atoms with E-state index in [1.54, 1.807) is 0 Å². The van der Waals surface area contributed by atoms with Crippen LogP contribution < -0.4 is 0 Å². The highest BCUT2D eigenvalue weighted by atomic mass is 19.1. The molecule has 0 saturated heterocycles. The van der Waals surface area contributed by atoms with E-state index in [4.69, 9.17) is 20.4 Å². The average molecular weight is 182 g/mol. The second-order valence-electron chi connectivity index (χ2n) is 2.62. The predicted molar refractivity (Wildman–Crippen MR) is 35.8 cm³/mol. The summed E-state index contributed by atoms with van der Waals surface area (Å²) in [4.78, 5) is 10.1. The molecule has 0 radical (unpaired) electrons. The van der Waals surface area contributed by atoms with Crippen LogP contribution in [0.15, 0.2) is 0 Å². The highest BCUT2D eigenvalue weighted by Crippen LogP contribution is 2.15. The average Bonchev–Trinajstić information content (AvgIpc) is 2.01. The van der Waals surface area contributed by atoms with E-state index in [1.165, 1.54) is 0 Å². The fourth-order valence-corrected chi connectivity index (χ4v) is 0.591. The van der Waals surface area contributed by atoms with Crippen molar-refractivity contribution in [3.05, 3.63) is 0 Å². The van der Waals surface area contributed by atoms with E-state index in [9.17, 15) is 9.18 Å². The molecule has 0 amide bonds. The van der Waals surface area contributed by atoms with Gasteiger partial charge in [-0.15, -0.1) is 0 Å². The van der Waals surface area contributed by atoms with Gasteiger partial charge in [-0.3, -0.25) is 4.79 Å². The van der Waals surface area contributed by atoms with Gasteiger partial charge in [-0.05, 0) is 6.92 Å². The largest absolute Gasteiger partial charge is 0.394 e. The number of hydrogen-bond donors (Lipinski definition) is 4. The molecule has 72 valence electrons. The summed E-state index contributed by atoms with van der Waals surface area (Å²) < 4.78 is 12.0. The van der Waals surface area contributed by atoms with Gasteiger partial charge in [0.1, 0.15) is 12.2 Å². The molecule has 6 heteroatoms. The van der Waals surface area contributed by atoms with Crippen molar-refractivity contribution >= 4 is 6.04 Å². The monoisotopic (exact) mass is 182 g/mol. The standard InChI is InChI=1S/C6H11FO5/c1-6(12,5(7)11)4(10)3(9)2-8/h3-4,8-10,12H,2H2,1H3/t3-,4-,6-/m1/s1. The normalized spacial score (nSPS) is 21.2. The van der Waals surface area contributed by atoms with Crippen LogP contribution in [0.25, 0.3) is 0 Å². The van der Waals surface area contributed by atoms with E-state index in [0.717, 1.165) is 0 Å². The molecule has 0 aromatic heterocycles. The molecule has 0 spiro atoms. The Hall–Kier alpha value is -0.560. The number of carbonyl (C=O) groups excluding carboxylic acids is 1. The summed E-state index contributed by atoms with van der Waals surface area (Å²) in [5.74, 6) is 0. The molecule has 4 N–H and O–H groups in total. The first-order valence-electron chi connectivity index (χ1n) is 3.23. The van der Waals surface area contributed by atoms with Gasteiger partial charge >= 0.3 is 6.04 Å². The number of halogens is 1. The number of aliphatic hydroxyl groups excluding tert-OH is 3. The van der Waals surface area contributed by atoms with Gasteiger partial charge in [0, 0.05) is 0 Å². The first-order valence-corrected chi connectivity index (χ1v) is 3.23. The van der Waals surface area contributed by atoms with Crippen molar-refractivity contribution in [1.82, 2.24) is 0 Å². The maximum Gasteiger partial charge on any atom is 0.335 e. The maximum absolute atomic E-state index is 12.0. The minimum Gasteiger partial charge on any atom is -0.394 e. The number of rotatable bonds is 4. The molecular weight excluding hydrogens is 171 g/mol. The first-order chi connectivity index (χ1) is 5.34. The molecule has 0 fully saturated rings. The lowest BCUT2D eigenvalue weighted by Crippen LogP contribution is -2.52. The lowest BCUT2D eigenvalue weighted by Gasteiger charge is -2.26. The topological polar surface area (TPSA) is 98.0 Å². The molecule has 0 aliphatic carbocycles. The lowest BCUT2D eigenvalue weighted by molar-refractivity contribution is -0.171. The summed E-state index contributed by atoms with van der Waals surface area (Å²) in [5, 5.41) is 34.8. The van der Waals surface area contributed by atoms with Crippen LogP contribution in [0.4, 0.5) is 4.39 Å². The molecular formula is C6H11FO5. The number of hydrogen-bond acceptors (Lipinski definition) is 5. The Bertz CT molecular complexity index is 169. The van der Waals surface area contributed by atoms with Gasteiger partial charge in [-0.2, -0.15) is 4.39 Å². The van der Waals surface area contributed by atoms with E-state index in [2.05, 4.69) is 0 Å². The highest BCUT2D eigenvalue weighted by Gasteiger charge is 2.42. The molecule has 3 atom stereocenters. The zero-order valence-electron chi connectivity index (χ0n) is 6.44. The fourth-order valence-electron chi connectivity index (χ4n) is 0.591. The Morgan fingerprint density at radius 3 is 2.25 bits per heavy atom. The van der Waals surface area contributed by atoms with Crippen LogP contribution in [0.3, 0.4) is 0 Å². The van der Waals surface area contributed by atoms with Crippen LogP contribution in [0, 0.1) is 0 Å². The van der Waals surface area contributed by atoms with Crippen molar-refractivity contribution in [3.8, 4) is 0 Å². The van der Waals surface area contributed by atoms with Gasteiger partial charge in [0.05, 0.1) is 6.61 Å². The van der Waals surface area contributed by atoms with Gasteiger partial charge in [0.25, 0.3) is 0 Å². The van der Waals surface area contributed by atoms with Crippen LogP contribution >= 0.6 is 0 Å². The summed E-state index contributed by atoms with van der Waals surface area (Å²) in [6, 6.07) is -2.16. The zero-order chi connectivity index (χ0) is 9.94. The molecule has 0 aromatic rings. The van der Waals surface area contributed by atoms with E-state index >= 15 is 0 Å². The fraction of sp³-hybridized carbons (Fsp3) is 0.833. The summed E-state index contributed by atoms with van der Waals surface area (Å²) in [6.07, 6.45) is -3.79. The van der Waals surface area contributed by atoms with E-state index in [-0.39, 0.29) is 0 Å². The first kappa shape index (κ1) is 11.4. The molecule has 0 saturated carbocycles. The third-order valence-electron chi connectivity index (χ3n) is 1.53. The molecule has 5 nitrogen and oxygen atoms in total. The van der Waals surface area contributed by atoms with Gasteiger partial charge in [-0.1, -0.05) is 0 Å². The smallest absolute Gasteiger partial charge is 0.335 e. The zero-order valence-corrected chi connectivity index (χ0v) is 6.44. The van der Waals surface area contributed by atoms with Crippen LogP contribution in [-0.4, -0.2) is 50.9 Å². The summed E-state index contributed by atoms with van der Waals surface area (Å²) in [5.41, 5.74) is -2.68. The van der Waals surface area contributed by atoms with Crippen molar-refractivity contribution in [3.63, 3.8) is 0 Å². The molecule has 12 heavy (non-hydrogen) atoms. The third kappa shape index (κ3) is 2.21. The maximum atomic E-state index is 12.0. The van der Waals surface area contributed by atoms with Crippen molar-refractivity contribution in [2.45, 2.75) is 24.7 Å². The molecule has 0 unspecified atom stereocenters. The molecule has 0 rings (SSSR count). The predicted octanol–water partition coefficient (Wildman–Crippen LogP) is -2.05. The van der Waals surface area contributed by atoms with Crippen LogP contribution in [0.1, 0.15) is 6.92 Å². The Morgan fingerprint density at radius 1 is 1.58 bits per heavy atom. The quantitative estimate of drug-likeness (QED) is 0.375. The van der Waals surface area contributed by atoms with Crippen molar-refractivity contribution < 1.29 is 29.6 Å². The third-order valence-corrected chi connectivity index (χ3v) is 1.53. The van der Waals surface area contributed by atoms with Crippen molar-refractivity contribution in [1.29, 1.82) is 0 Å². The summed E-state index contributed by atoms with van der Waals surface area (Å²) in [7, 11) is 0. The van der Waals surface area contributed by atoms with Gasteiger partial charge < -0.3 is 20.4 Å². The molecule has 0 bridgehead atoms. The Balaban J connectivity index is 4.44. The van der Waals surface area contributed by atoms with E-state index in [1.807, 2.05) is 0 Å². The van der Waals surface area contributed by atoms with E-state index in [0.29, 0.717) is 6.92 Å². The van der Waals surface area contributed by atoms with Crippen molar-refractivity contribution in [2.75, 3.05) is 6.61 Å². The van der Waals surface area contributed by atoms with E-state index < -0.39 is 30.5 Å².